The first-order chi connectivity index (χ1) is 12.8. The van der Waals surface area contributed by atoms with Gasteiger partial charge in [0.2, 0.25) is 0 Å². The number of halogens is 3. The van der Waals surface area contributed by atoms with E-state index in [1.54, 1.807) is 24.4 Å². The molecular formula is C18H12F3N3O2S. The summed E-state index contributed by atoms with van der Waals surface area (Å²) in [5.74, 6) is 0.296. The van der Waals surface area contributed by atoms with Crippen LogP contribution in [-0.2, 0) is 11.0 Å². The lowest BCUT2D eigenvalue weighted by Crippen LogP contribution is -2.26. The number of hydrogen-bond donors (Lipinski definition) is 1. The van der Waals surface area contributed by atoms with Crippen LogP contribution in [0.1, 0.15) is 11.1 Å². The van der Waals surface area contributed by atoms with Crippen molar-refractivity contribution in [1.29, 1.82) is 0 Å². The number of ether oxygens (including phenoxy) is 1. The number of amides is 1. The van der Waals surface area contributed by atoms with Crippen molar-refractivity contribution in [2.24, 2.45) is 0 Å². The summed E-state index contributed by atoms with van der Waals surface area (Å²) in [7, 11) is 0. The molecule has 0 unspecified atom stereocenters. The SMILES string of the molecule is Cc1c(-c2csc(-c3cnccc3C(F)(F)F)n2)ccc2c1NC(=O)CO2. The zero-order valence-electron chi connectivity index (χ0n) is 13.9. The molecule has 1 aliphatic heterocycles. The van der Waals surface area contributed by atoms with Crippen LogP contribution in [0.25, 0.3) is 21.8 Å². The number of aromatic nitrogens is 2. The molecule has 0 spiro atoms. The fourth-order valence-electron chi connectivity index (χ4n) is 2.89. The second-order valence-electron chi connectivity index (χ2n) is 5.91. The lowest BCUT2D eigenvalue weighted by Gasteiger charge is -2.21. The molecule has 1 N–H and O–H groups in total. The van der Waals surface area contributed by atoms with Gasteiger partial charge in [-0.2, -0.15) is 13.2 Å². The van der Waals surface area contributed by atoms with Crippen LogP contribution in [0.3, 0.4) is 0 Å². The van der Waals surface area contributed by atoms with E-state index in [1.807, 2.05) is 0 Å². The van der Waals surface area contributed by atoms with Crippen LogP contribution in [0.2, 0.25) is 0 Å². The number of nitrogens with one attached hydrogen (secondary N) is 1. The van der Waals surface area contributed by atoms with Gasteiger partial charge in [-0.05, 0) is 30.7 Å². The molecule has 0 fully saturated rings. The van der Waals surface area contributed by atoms with Crippen LogP contribution in [-0.4, -0.2) is 22.5 Å². The van der Waals surface area contributed by atoms with Crippen molar-refractivity contribution < 1.29 is 22.7 Å². The molecule has 138 valence electrons. The standard InChI is InChI=1S/C18H12F3N3O2S/c1-9-10(2-3-14-16(9)24-15(25)7-26-14)13-8-27-17(23-13)11-6-22-5-4-12(11)18(19,20)21/h2-6,8H,7H2,1H3,(H,24,25). The van der Waals surface area contributed by atoms with E-state index in [0.29, 0.717) is 22.7 Å². The molecule has 0 atom stereocenters. The largest absolute Gasteiger partial charge is 0.482 e. The van der Waals surface area contributed by atoms with Gasteiger partial charge in [0.15, 0.2) is 6.61 Å². The Hall–Kier alpha value is -2.94. The minimum Gasteiger partial charge on any atom is -0.482 e. The van der Waals surface area contributed by atoms with Crippen LogP contribution >= 0.6 is 11.3 Å². The molecule has 1 aromatic carbocycles. The maximum absolute atomic E-state index is 13.2. The van der Waals surface area contributed by atoms with Crippen molar-refractivity contribution >= 4 is 22.9 Å². The van der Waals surface area contributed by atoms with Gasteiger partial charge < -0.3 is 10.1 Å². The fourth-order valence-corrected chi connectivity index (χ4v) is 3.74. The molecule has 1 amide bonds. The highest BCUT2D eigenvalue weighted by Crippen LogP contribution is 2.41. The Kier molecular flexibility index (Phi) is 4.11. The van der Waals surface area contributed by atoms with Gasteiger partial charge in [-0.15, -0.1) is 11.3 Å². The van der Waals surface area contributed by atoms with E-state index < -0.39 is 11.7 Å². The molecule has 3 aromatic rings. The molecule has 4 rings (SSSR count). The van der Waals surface area contributed by atoms with Gasteiger partial charge in [-0.25, -0.2) is 4.98 Å². The van der Waals surface area contributed by atoms with Gasteiger partial charge in [-0.3, -0.25) is 9.78 Å². The van der Waals surface area contributed by atoms with E-state index in [4.69, 9.17) is 4.74 Å². The predicted molar refractivity (Wildman–Crippen MR) is 94.6 cm³/mol. The Morgan fingerprint density at radius 1 is 1.22 bits per heavy atom. The van der Waals surface area contributed by atoms with E-state index in [-0.39, 0.29) is 23.1 Å². The van der Waals surface area contributed by atoms with Crippen molar-refractivity contribution in [3.63, 3.8) is 0 Å². The van der Waals surface area contributed by atoms with Crippen molar-refractivity contribution in [2.45, 2.75) is 13.1 Å². The lowest BCUT2D eigenvalue weighted by molar-refractivity contribution is -0.137. The molecule has 27 heavy (non-hydrogen) atoms. The van der Waals surface area contributed by atoms with Gasteiger partial charge in [0, 0.05) is 28.9 Å². The number of hydrogen-bond acceptors (Lipinski definition) is 5. The molecule has 2 aromatic heterocycles. The zero-order valence-corrected chi connectivity index (χ0v) is 14.7. The number of fused-ring (bicyclic) bond motifs is 1. The van der Waals surface area contributed by atoms with E-state index in [9.17, 15) is 18.0 Å². The average molecular weight is 391 g/mol. The minimum absolute atomic E-state index is 0.0478. The van der Waals surface area contributed by atoms with E-state index in [2.05, 4.69) is 15.3 Å². The van der Waals surface area contributed by atoms with Gasteiger partial charge in [-0.1, -0.05) is 0 Å². The molecule has 0 saturated heterocycles. The van der Waals surface area contributed by atoms with E-state index >= 15 is 0 Å². The molecule has 9 heteroatoms. The number of carbonyl (C=O) groups is 1. The fraction of sp³-hybridized carbons (Fsp3) is 0.167. The first-order valence-corrected chi connectivity index (χ1v) is 8.76. The van der Waals surface area contributed by atoms with E-state index in [1.165, 1.54) is 6.20 Å². The monoisotopic (exact) mass is 391 g/mol. The molecule has 0 bridgehead atoms. The summed E-state index contributed by atoms with van der Waals surface area (Å²) in [4.78, 5) is 19.8. The predicted octanol–water partition coefficient (Wildman–Crippen LogP) is 4.53. The first kappa shape index (κ1) is 17.5. The van der Waals surface area contributed by atoms with Crippen LogP contribution < -0.4 is 10.1 Å². The summed E-state index contributed by atoms with van der Waals surface area (Å²) in [6.07, 6.45) is -2.22. The molecular weight excluding hydrogens is 379 g/mol. The Morgan fingerprint density at radius 3 is 2.81 bits per heavy atom. The third-order valence-electron chi connectivity index (χ3n) is 4.19. The van der Waals surface area contributed by atoms with Gasteiger partial charge >= 0.3 is 6.18 Å². The molecule has 5 nitrogen and oxygen atoms in total. The van der Waals surface area contributed by atoms with Crippen molar-refractivity contribution in [3.8, 4) is 27.6 Å². The van der Waals surface area contributed by atoms with Gasteiger partial charge in [0.1, 0.15) is 10.8 Å². The number of benzene rings is 1. The number of thiazole rings is 1. The van der Waals surface area contributed by atoms with Crippen molar-refractivity contribution in [2.75, 3.05) is 11.9 Å². The molecule has 0 saturated carbocycles. The highest BCUT2D eigenvalue weighted by atomic mass is 32.1. The highest BCUT2D eigenvalue weighted by Gasteiger charge is 2.34. The second kappa shape index (κ2) is 6.34. The summed E-state index contributed by atoms with van der Waals surface area (Å²) >= 11 is 1.10. The highest BCUT2D eigenvalue weighted by molar-refractivity contribution is 7.13. The van der Waals surface area contributed by atoms with E-state index in [0.717, 1.165) is 29.2 Å². The minimum atomic E-state index is -4.49. The van der Waals surface area contributed by atoms with Gasteiger partial charge in [0.25, 0.3) is 5.91 Å². The number of carbonyl (C=O) groups excluding carboxylic acids is 1. The Morgan fingerprint density at radius 2 is 2.04 bits per heavy atom. The van der Waals surface area contributed by atoms with Gasteiger partial charge in [0.05, 0.1) is 16.9 Å². The Labute approximate surface area is 155 Å². The van der Waals surface area contributed by atoms with Crippen molar-refractivity contribution in [1.82, 2.24) is 9.97 Å². The Bertz CT molecular complexity index is 1050. The maximum Gasteiger partial charge on any atom is 0.417 e. The molecule has 0 radical (unpaired) electrons. The quantitative estimate of drug-likeness (QED) is 0.697. The van der Waals surface area contributed by atoms with Crippen LogP contribution in [0.5, 0.6) is 5.75 Å². The normalized spacial score (nSPS) is 13.7. The number of pyridine rings is 1. The number of anilines is 1. The summed E-state index contributed by atoms with van der Waals surface area (Å²) in [5.41, 5.74) is 1.68. The topological polar surface area (TPSA) is 64.1 Å². The number of alkyl halides is 3. The molecule has 3 heterocycles. The Balaban J connectivity index is 1.77. The third kappa shape index (κ3) is 3.14. The molecule has 0 aliphatic carbocycles. The average Bonchev–Trinajstić information content (AvgIpc) is 3.11. The van der Waals surface area contributed by atoms with Crippen molar-refractivity contribution in [3.05, 3.63) is 47.1 Å². The number of nitrogens with zero attached hydrogens (tertiary/aromatic N) is 2. The summed E-state index contributed by atoms with van der Waals surface area (Å²) in [6.45, 7) is 1.75. The third-order valence-corrected chi connectivity index (χ3v) is 5.06. The molecule has 1 aliphatic rings. The smallest absolute Gasteiger partial charge is 0.417 e. The maximum atomic E-state index is 13.2. The summed E-state index contributed by atoms with van der Waals surface area (Å²) in [5, 5.41) is 4.67. The summed E-state index contributed by atoms with van der Waals surface area (Å²) in [6, 6.07) is 4.42. The van der Waals surface area contributed by atoms with Crippen LogP contribution in [0, 0.1) is 6.92 Å². The van der Waals surface area contributed by atoms with Crippen LogP contribution in [0.4, 0.5) is 18.9 Å². The lowest BCUT2D eigenvalue weighted by atomic mass is 10.0. The number of rotatable bonds is 2. The second-order valence-corrected chi connectivity index (χ2v) is 6.76. The zero-order chi connectivity index (χ0) is 19.2. The first-order valence-electron chi connectivity index (χ1n) is 7.88. The summed E-state index contributed by atoms with van der Waals surface area (Å²) < 4.78 is 45.1. The van der Waals surface area contributed by atoms with Crippen LogP contribution in [0.15, 0.2) is 36.0 Å².